The molecule has 1 saturated carbocycles. The summed E-state index contributed by atoms with van der Waals surface area (Å²) < 4.78 is 6.88. The predicted octanol–water partition coefficient (Wildman–Crippen LogP) is 2.52. The van der Waals surface area contributed by atoms with Gasteiger partial charge in [-0.1, -0.05) is 18.2 Å². The van der Waals surface area contributed by atoms with Gasteiger partial charge in [-0.25, -0.2) is 9.78 Å². The summed E-state index contributed by atoms with van der Waals surface area (Å²) in [5.74, 6) is 0.816. The Hall–Kier alpha value is -2.30. The van der Waals surface area contributed by atoms with Crippen molar-refractivity contribution in [3.05, 3.63) is 48.5 Å². The molecule has 0 unspecified atom stereocenters. The molecule has 0 atom stereocenters. The lowest BCUT2D eigenvalue weighted by molar-refractivity contribution is 0.193. The highest BCUT2D eigenvalue weighted by atomic mass is 16.5. The zero-order valence-electron chi connectivity index (χ0n) is 11.4. The zero-order valence-corrected chi connectivity index (χ0v) is 11.4. The van der Waals surface area contributed by atoms with Crippen molar-refractivity contribution in [2.45, 2.75) is 25.4 Å². The Kier molecular flexibility index (Phi) is 3.41. The fraction of sp³-hybridized carbons (Fsp3) is 0.333. The minimum atomic E-state index is -0.0316. The monoisotopic (exact) mass is 271 g/mol. The predicted molar refractivity (Wildman–Crippen MR) is 74.6 cm³/mol. The van der Waals surface area contributed by atoms with Gasteiger partial charge in [-0.2, -0.15) is 0 Å². The first-order valence-corrected chi connectivity index (χ1v) is 6.70. The number of aromatic nitrogens is 2. The second-order valence-corrected chi connectivity index (χ2v) is 4.92. The second-order valence-electron chi connectivity index (χ2n) is 4.92. The first-order valence-electron chi connectivity index (χ1n) is 6.70. The van der Waals surface area contributed by atoms with E-state index in [0.29, 0.717) is 12.6 Å². The van der Waals surface area contributed by atoms with Crippen LogP contribution in [0.15, 0.2) is 43.0 Å². The van der Waals surface area contributed by atoms with Crippen LogP contribution in [-0.4, -0.2) is 33.6 Å². The second kappa shape index (κ2) is 5.36. The van der Waals surface area contributed by atoms with Gasteiger partial charge in [-0.15, -0.1) is 0 Å². The molecule has 1 aliphatic rings. The molecule has 5 heteroatoms. The molecule has 20 heavy (non-hydrogen) atoms. The van der Waals surface area contributed by atoms with E-state index in [9.17, 15) is 4.79 Å². The van der Waals surface area contributed by atoms with Gasteiger partial charge < -0.3 is 9.64 Å². The van der Waals surface area contributed by atoms with Gasteiger partial charge in [0.25, 0.3) is 0 Å². The van der Waals surface area contributed by atoms with Crippen LogP contribution in [0, 0.1) is 0 Å². The average molecular weight is 271 g/mol. The number of hydrogen-bond donors (Lipinski definition) is 0. The van der Waals surface area contributed by atoms with E-state index < -0.39 is 0 Å². The Bertz CT molecular complexity index is 591. The molecular weight excluding hydrogens is 254 g/mol. The number of amides is 1. The molecule has 3 rings (SSSR count). The Morgan fingerprint density at radius 1 is 1.45 bits per heavy atom. The fourth-order valence-corrected chi connectivity index (χ4v) is 2.28. The molecular formula is C15H17N3O2. The van der Waals surface area contributed by atoms with Crippen LogP contribution >= 0.6 is 0 Å². The number of carbonyl (C=O) groups excluding carboxylic acids is 1. The number of benzene rings is 1. The summed E-state index contributed by atoms with van der Waals surface area (Å²) >= 11 is 0. The number of hydrogen-bond acceptors (Lipinski definition) is 3. The minimum absolute atomic E-state index is 0.0316. The quantitative estimate of drug-likeness (QED) is 0.858. The molecule has 104 valence electrons. The highest BCUT2D eigenvalue weighted by Gasteiger charge is 2.33. The van der Waals surface area contributed by atoms with Crippen LogP contribution in [0.3, 0.4) is 0 Å². The van der Waals surface area contributed by atoms with Crippen LogP contribution in [-0.2, 0) is 6.54 Å². The molecule has 0 radical (unpaired) electrons. The van der Waals surface area contributed by atoms with Gasteiger partial charge in [0.15, 0.2) is 0 Å². The van der Waals surface area contributed by atoms with E-state index in [0.717, 1.165) is 24.2 Å². The van der Waals surface area contributed by atoms with Crippen molar-refractivity contribution >= 4 is 6.03 Å². The number of nitrogens with zero attached hydrogens (tertiary/aromatic N) is 3. The molecule has 1 aliphatic carbocycles. The van der Waals surface area contributed by atoms with Gasteiger partial charge in [-0.3, -0.25) is 4.57 Å². The molecule has 0 aliphatic heterocycles. The number of carbonyl (C=O) groups is 1. The van der Waals surface area contributed by atoms with E-state index in [1.165, 1.54) is 4.57 Å². The number of imidazole rings is 1. The lowest BCUT2D eigenvalue weighted by Gasteiger charge is -2.23. The number of para-hydroxylation sites is 1. The topological polar surface area (TPSA) is 47.4 Å². The minimum Gasteiger partial charge on any atom is -0.496 e. The molecule has 0 bridgehead atoms. The van der Waals surface area contributed by atoms with E-state index in [1.807, 2.05) is 29.2 Å². The molecule has 1 heterocycles. The van der Waals surface area contributed by atoms with Gasteiger partial charge >= 0.3 is 6.03 Å². The molecule has 0 saturated heterocycles. The van der Waals surface area contributed by atoms with Crippen LogP contribution in [0.2, 0.25) is 0 Å². The Labute approximate surface area is 117 Å². The smallest absolute Gasteiger partial charge is 0.329 e. The summed E-state index contributed by atoms with van der Waals surface area (Å²) in [6, 6.07) is 8.11. The summed E-state index contributed by atoms with van der Waals surface area (Å²) in [6.07, 6.45) is 6.97. The highest BCUT2D eigenvalue weighted by Crippen LogP contribution is 2.30. The van der Waals surface area contributed by atoms with Crippen molar-refractivity contribution < 1.29 is 9.53 Å². The van der Waals surface area contributed by atoms with E-state index in [-0.39, 0.29) is 6.03 Å². The lowest BCUT2D eigenvalue weighted by Crippen LogP contribution is -2.35. The lowest BCUT2D eigenvalue weighted by atomic mass is 10.2. The maximum Gasteiger partial charge on any atom is 0.329 e. The first-order chi connectivity index (χ1) is 9.79. The largest absolute Gasteiger partial charge is 0.496 e. The molecule has 1 fully saturated rings. The third-order valence-electron chi connectivity index (χ3n) is 3.49. The Morgan fingerprint density at radius 2 is 2.25 bits per heavy atom. The highest BCUT2D eigenvalue weighted by molar-refractivity contribution is 5.77. The molecule has 2 aromatic rings. The number of methoxy groups -OCH3 is 1. The van der Waals surface area contributed by atoms with E-state index in [2.05, 4.69) is 4.98 Å². The molecule has 0 N–H and O–H groups in total. The number of rotatable bonds is 4. The van der Waals surface area contributed by atoms with Crippen molar-refractivity contribution in [3.63, 3.8) is 0 Å². The SMILES string of the molecule is COc1ccccc1CN(C(=O)n1ccnc1)C1CC1. The maximum atomic E-state index is 12.5. The van der Waals surface area contributed by atoms with Crippen LogP contribution in [0.1, 0.15) is 18.4 Å². The Balaban J connectivity index is 1.83. The van der Waals surface area contributed by atoms with Gasteiger partial charge in [0.2, 0.25) is 0 Å². The van der Waals surface area contributed by atoms with Gasteiger partial charge in [-0.05, 0) is 18.9 Å². The third kappa shape index (κ3) is 2.52. The molecule has 1 aromatic carbocycles. The summed E-state index contributed by atoms with van der Waals surface area (Å²) in [4.78, 5) is 18.3. The van der Waals surface area contributed by atoms with Gasteiger partial charge in [0.1, 0.15) is 12.1 Å². The van der Waals surface area contributed by atoms with Crippen molar-refractivity contribution in [2.24, 2.45) is 0 Å². The third-order valence-corrected chi connectivity index (χ3v) is 3.49. The van der Waals surface area contributed by atoms with Crippen molar-refractivity contribution in [1.82, 2.24) is 14.5 Å². The average Bonchev–Trinajstić information content (AvgIpc) is 3.17. The van der Waals surface area contributed by atoms with Crippen LogP contribution in [0.5, 0.6) is 5.75 Å². The van der Waals surface area contributed by atoms with Crippen molar-refractivity contribution in [2.75, 3.05) is 7.11 Å². The van der Waals surface area contributed by atoms with Gasteiger partial charge in [0.05, 0.1) is 13.7 Å². The normalized spacial score (nSPS) is 14.1. The standard InChI is InChI=1S/C15H17N3O2/c1-20-14-5-3-2-4-12(14)10-18(13-6-7-13)15(19)17-9-8-16-11-17/h2-5,8-9,11,13H,6-7,10H2,1H3. The van der Waals surface area contributed by atoms with Crippen LogP contribution in [0.4, 0.5) is 4.79 Å². The van der Waals surface area contributed by atoms with Crippen LogP contribution < -0.4 is 4.74 Å². The van der Waals surface area contributed by atoms with Crippen molar-refractivity contribution in [3.8, 4) is 5.75 Å². The maximum absolute atomic E-state index is 12.5. The van der Waals surface area contributed by atoms with E-state index in [1.54, 1.807) is 25.8 Å². The molecule has 1 aromatic heterocycles. The van der Waals surface area contributed by atoms with Crippen LogP contribution in [0.25, 0.3) is 0 Å². The van der Waals surface area contributed by atoms with Crippen molar-refractivity contribution in [1.29, 1.82) is 0 Å². The molecule has 0 spiro atoms. The van der Waals surface area contributed by atoms with E-state index in [4.69, 9.17) is 4.74 Å². The summed E-state index contributed by atoms with van der Waals surface area (Å²) in [6.45, 7) is 0.561. The van der Waals surface area contributed by atoms with Gasteiger partial charge in [0, 0.05) is 24.0 Å². The Morgan fingerprint density at radius 3 is 2.90 bits per heavy atom. The molecule has 1 amide bonds. The fourth-order valence-electron chi connectivity index (χ4n) is 2.28. The zero-order chi connectivity index (χ0) is 13.9. The summed E-state index contributed by atoms with van der Waals surface area (Å²) in [5, 5.41) is 0. The molecule has 5 nitrogen and oxygen atoms in total. The first kappa shape index (κ1) is 12.7. The number of ether oxygens (including phenoxy) is 1. The summed E-state index contributed by atoms with van der Waals surface area (Å²) in [7, 11) is 1.65. The summed E-state index contributed by atoms with van der Waals surface area (Å²) in [5.41, 5.74) is 1.02. The van der Waals surface area contributed by atoms with E-state index >= 15 is 0 Å².